The van der Waals surface area contributed by atoms with E-state index in [-0.39, 0.29) is 0 Å². The lowest BCUT2D eigenvalue weighted by molar-refractivity contribution is 0.204. The molecule has 5 nitrogen and oxygen atoms in total. The van der Waals surface area contributed by atoms with E-state index in [1.54, 1.807) is 21.3 Å². The molecule has 1 saturated heterocycles. The lowest BCUT2D eigenvalue weighted by Gasteiger charge is -2.32. The van der Waals surface area contributed by atoms with Crippen LogP contribution in [-0.4, -0.2) is 44.3 Å². The molecule has 0 bridgehead atoms. The summed E-state index contributed by atoms with van der Waals surface area (Å²) in [5, 5.41) is 1.28. The first kappa shape index (κ1) is 20.1. The maximum Gasteiger partial charge on any atom is 0.175 e. The second kappa shape index (κ2) is 8.67. The Kier molecular flexibility index (Phi) is 6.01. The van der Waals surface area contributed by atoms with Crippen LogP contribution in [0.1, 0.15) is 29.9 Å². The molecule has 1 fully saturated rings. The number of nitrogens with one attached hydrogen (secondary N) is 1. The van der Waals surface area contributed by atoms with Crippen molar-refractivity contribution < 1.29 is 14.2 Å². The molecular weight excluding hydrogens is 432 g/mol. The number of aromatic nitrogens is 1. The fourth-order valence-electron chi connectivity index (χ4n) is 4.28. The Bertz CT molecular complexity index is 993. The van der Waals surface area contributed by atoms with Crippen molar-refractivity contribution in [2.75, 3.05) is 34.4 Å². The van der Waals surface area contributed by atoms with Crippen LogP contribution in [0.3, 0.4) is 0 Å². The molecule has 2 aromatic carbocycles. The summed E-state index contributed by atoms with van der Waals surface area (Å²) in [5.74, 6) is 2.99. The largest absolute Gasteiger partial charge is 0.497 e. The number of hydrogen-bond acceptors (Lipinski definition) is 4. The minimum Gasteiger partial charge on any atom is -0.497 e. The molecule has 3 aromatic rings. The van der Waals surface area contributed by atoms with Crippen molar-refractivity contribution in [3.8, 4) is 17.2 Å². The summed E-state index contributed by atoms with van der Waals surface area (Å²) >= 11 is 3.70. The third-order valence-electron chi connectivity index (χ3n) is 5.91. The summed E-state index contributed by atoms with van der Waals surface area (Å²) in [6, 6.07) is 10.3. The zero-order valence-corrected chi connectivity index (χ0v) is 18.7. The monoisotopic (exact) mass is 458 g/mol. The number of ether oxygens (including phenoxy) is 3. The molecule has 0 spiro atoms. The van der Waals surface area contributed by atoms with Gasteiger partial charge in [0.1, 0.15) is 5.75 Å². The molecule has 0 aliphatic carbocycles. The van der Waals surface area contributed by atoms with Gasteiger partial charge in [0.05, 0.1) is 25.8 Å². The van der Waals surface area contributed by atoms with E-state index in [1.165, 1.54) is 22.0 Å². The Morgan fingerprint density at radius 2 is 1.83 bits per heavy atom. The van der Waals surface area contributed by atoms with Crippen LogP contribution in [0, 0.1) is 0 Å². The lowest BCUT2D eigenvalue weighted by Crippen LogP contribution is -2.32. The standard InChI is InChI=1S/C23H27BrN2O3/c1-27-17-5-6-20-18(12-17)19(13-25-20)15-8-10-26(11-9-15)14-16-4-7-21(28-2)23(29-3)22(16)24/h4-7,12-13,15,25H,8-11,14H2,1-3H3. The first-order valence-corrected chi connectivity index (χ1v) is 10.7. The Morgan fingerprint density at radius 3 is 2.52 bits per heavy atom. The van der Waals surface area contributed by atoms with Gasteiger partial charge in [-0.1, -0.05) is 6.07 Å². The molecule has 1 aromatic heterocycles. The summed E-state index contributed by atoms with van der Waals surface area (Å²) in [6.45, 7) is 3.04. The van der Waals surface area contributed by atoms with Gasteiger partial charge in [-0.25, -0.2) is 0 Å². The zero-order chi connectivity index (χ0) is 20.4. The lowest BCUT2D eigenvalue weighted by atomic mass is 9.89. The number of hydrogen-bond donors (Lipinski definition) is 1. The van der Waals surface area contributed by atoms with Crippen molar-refractivity contribution in [3.05, 3.63) is 52.1 Å². The van der Waals surface area contributed by atoms with Crippen LogP contribution < -0.4 is 14.2 Å². The van der Waals surface area contributed by atoms with E-state index in [9.17, 15) is 0 Å². The molecule has 0 saturated carbocycles. The Balaban J connectivity index is 1.45. The number of halogens is 1. The Morgan fingerprint density at radius 1 is 1.03 bits per heavy atom. The fourth-order valence-corrected chi connectivity index (χ4v) is 4.90. The van der Waals surface area contributed by atoms with Crippen molar-refractivity contribution in [1.82, 2.24) is 9.88 Å². The van der Waals surface area contributed by atoms with Crippen LogP contribution in [-0.2, 0) is 6.54 Å². The highest BCUT2D eigenvalue weighted by atomic mass is 79.9. The topological polar surface area (TPSA) is 46.7 Å². The molecule has 2 heterocycles. The third kappa shape index (κ3) is 3.96. The van der Waals surface area contributed by atoms with Crippen molar-refractivity contribution in [2.45, 2.75) is 25.3 Å². The number of H-pyrrole nitrogens is 1. The average molecular weight is 459 g/mol. The van der Waals surface area contributed by atoms with Gasteiger partial charge in [-0.3, -0.25) is 4.90 Å². The zero-order valence-electron chi connectivity index (χ0n) is 17.1. The van der Waals surface area contributed by atoms with E-state index in [0.29, 0.717) is 5.92 Å². The van der Waals surface area contributed by atoms with Crippen molar-refractivity contribution >= 4 is 26.8 Å². The summed E-state index contributed by atoms with van der Waals surface area (Å²) in [6.07, 6.45) is 4.47. The highest BCUT2D eigenvalue weighted by Crippen LogP contribution is 2.39. The van der Waals surface area contributed by atoms with Gasteiger partial charge in [-0.15, -0.1) is 0 Å². The number of benzene rings is 2. The summed E-state index contributed by atoms with van der Waals surface area (Å²) in [7, 11) is 5.06. The Labute approximate surface area is 180 Å². The predicted octanol–water partition coefficient (Wildman–Crippen LogP) is 5.34. The van der Waals surface area contributed by atoms with E-state index in [0.717, 1.165) is 54.2 Å². The number of methoxy groups -OCH3 is 3. The molecule has 0 atom stereocenters. The van der Waals surface area contributed by atoms with Gasteiger partial charge in [0, 0.05) is 23.6 Å². The maximum absolute atomic E-state index is 5.52. The van der Waals surface area contributed by atoms with Gasteiger partial charge in [-0.2, -0.15) is 0 Å². The van der Waals surface area contributed by atoms with E-state index in [2.05, 4.69) is 50.2 Å². The van der Waals surface area contributed by atoms with Crippen LogP contribution in [0.2, 0.25) is 0 Å². The SMILES string of the molecule is COc1ccc2[nH]cc(C3CCN(Cc4ccc(OC)c(OC)c4Br)CC3)c2c1. The highest BCUT2D eigenvalue weighted by Gasteiger charge is 2.24. The average Bonchev–Trinajstić information content (AvgIpc) is 3.18. The first-order chi connectivity index (χ1) is 14.1. The van der Waals surface area contributed by atoms with Crippen LogP contribution in [0.25, 0.3) is 10.9 Å². The molecule has 1 aliphatic heterocycles. The van der Waals surface area contributed by atoms with Crippen LogP contribution in [0.5, 0.6) is 17.2 Å². The fraction of sp³-hybridized carbons (Fsp3) is 0.391. The van der Waals surface area contributed by atoms with E-state index < -0.39 is 0 Å². The molecule has 4 rings (SSSR count). The maximum atomic E-state index is 5.52. The third-order valence-corrected chi connectivity index (χ3v) is 6.78. The number of likely N-dealkylation sites (tertiary alicyclic amines) is 1. The summed E-state index contributed by atoms with van der Waals surface area (Å²) < 4.78 is 17.3. The highest BCUT2D eigenvalue weighted by molar-refractivity contribution is 9.10. The molecular formula is C23H27BrN2O3. The number of nitrogens with zero attached hydrogens (tertiary/aromatic N) is 1. The van der Waals surface area contributed by atoms with Gasteiger partial charge in [0.2, 0.25) is 0 Å². The van der Waals surface area contributed by atoms with E-state index >= 15 is 0 Å². The van der Waals surface area contributed by atoms with Crippen molar-refractivity contribution in [1.29, 1.82) is 0 Å². The summed E-state index contributed by atoms with van der Waals surface area (Å²) in [5.41, 5.74) is 3.81. The smallest absolute Gasteiger partial charge is 0.175 e. The number of rotatable bonds is 6. The van der Waals surface area contributed by atoms with Crippen LogP contribution in [0.4, 0.5) is 0 Å². The molecule has 0 unspecified atom stereocenters. The van der Waals surface area contributed by atoms with Crippen molar-refractivity contribution in [3.63, 3.8) is 0 Å². The van der Waals surface area contributed by atoms with Gasteiger partial charge in [-0.05, 0) is 83.2 Å². The quantitative estimate of drug-likeness (QED) is 0.541. The van der Waals surface area contributed by atoms with E-state index in [1.807, 2.05) is 12.1 Å². The molecule has 1 aliphatic rings. The van der Waals surface area contributed by atoms with Gasteiger partial charge in [0.15, 0.2) is 11.5 Å². The number of piperidine rings is 1. The molecule has 6 heteroatoms. The second-order valence-electron chi connectivity index (χ2n) is 7.48. The second-order valence-corrected chi connectivity index (χ2v) is 8.27. The van der Waals surface area contributed by atoms with Gasteiger partial charge in [0.25, 0.3) is 0 Å². The molecule has 29 heavy (non-hydrogen) atoms. The van der Waals surface area contributed by atoms with Crippen molar-refractivity contribution in [2.24, 2.45) is 0 Å². The van der Waals surface area contributed by atoms with Crippen LogP contribution in [0.15, 0.2) is 41.0 Å². The summed E-state index contributed by atoms with van der Waals surface area (Å²) in [4.78, 5) is 5.93. The normalized spacial score (nSPS) is 15.6. The first-order valence-electron chi connectivity index (χ1n) is 9.91. The minimum atomic E-state index is 0.570. The van der Waals surface area contributed by atoms with E-state index in [4.69, 9.17) is 14.2 Å². The van der Waals surface area contributed by atoms with Gasteiger partial charge < -0.3 is 19.2 Å². The molecule has 0 radical (unpaired) electrons. The number of aromatic amines is 1. The predicted molar refractivity (Wildman–Crippen MR) is 119 cm³/mol. The Hall–Kier alpha value is -2.18. The van der Waals surface area contributed by atoms with Gasteiger partial charge >= 0.3 is 0 Å². The van der Waals surface area contributed by atoms with Crippen LogP contribution >= 0.6 is 15.9 Å². The number of fused-ring (bicyclic) bond motifs is 1. The minimum absolute atomic E-state index is 0.570. The molecule has 0 amide bonds. The molecule has 1 N–H and O–H groups in total. The molecule has 154 valence electrons.